The second-order valence-corrected chi connectivity index (χ2v) is 6.23. The molecule has 0 unspecified atom stereocenters. The Kier molecular flexibility index (Phi) is 5.21. The molecule has 5 heteroatoms. The van der Waals surface area contributed by atoms with Crippen LogP contribution in [0.25, 0.3) is 21.9 Å². The van der Waals surface area contributed by atoms with Crippen LogP contribution in [0.2, 0.25) is 0 Å². The Morgan fingerprint density at radius 2 is 1.63 bits per heavy atom. The van der Waals surface area contributed by atoms with E-state index in [0.717, 1.165) is 22.1 Å². The van der Waals surface area contributed by atoms with Gasteiger partial charge in [-0.05, 0) is 48.6 Å². The van der Waals surface area contributed by atoms with E-state index >= 15 is 0 Å². The second kappa shape index (κ2) is 7.58. The first-order chi connectivity index (χ1) is 13.0. The van der Waals surface area contributed by atoms with E-state index in [2.05, 4.69) is 0 Å². The Morgan fingerprint density at radius 1 is 1.00 bits per heavy atom. The van der Waals surface area contributed by atoms with Crippen LogP contribution in [0.3, 0.4) is 0 Å². The molecule has 3 aromatic rings. The van der Waals surface area contributed by atoms with Gasteiger partial charge in [-0.2, -0.15) is 0 Å². The third-order valence-electron chi connectivity index (χ3n) is 4.53. The largest absolute Gasteiger partial charge is 0.493 e. The molecule has 0 aromatic heterocycles. The first-order valence-electron chi connectivity index (χ1n) is 8.72. The summed E-state index contributed by atoms with van der Waals surface area (Å²) in [6.45, 7) is 4.06. The summed E-state index contributed by atoms with van der Waals surface area (Å²) in [4.78, 5) is 12.7. The van der Waals surface area contributed by atoms with Gasteiger partial charge in [0, 0.05) is 5.39 Å². The number of hydrogen-bond donors (Lipinski definition) is 1. The van der Waals surface area contributed by atoms with Gasteiger partial charge < -0.3 is 19.9 Å². The molecular weight excluding hydrogens is 342 g/mol. The lowest BCUT2D eigenvalue weighted by Crippen LogP contribution is -2.10. The Morgan fingerprint density at radius 3 is 2.22 bits per heavy atom. The van der Waals surface area contributed by atoms with Gasteiger partial charge in [-0.1, -0.05) is 29.8 Å². The lowest BCUT2D eigenvalue weighted by Gasteiger charge is -2.17. The van der Waals surface area contributed by atoms with Gasteiger partial charge in [-0.3, -0.25) is 0 Å². The Bertz CT molecular complexity index is 994. The van der Waals surface area contributed by atoms with Gasteiger partial charge in [-0.25, -0.2) is 4.79 Å². The van der Waals surface area contributed by atoms with Gasteiger partial charge >= 0.3 is 5.97 Å². The normalized spacial score (nSPS) is 10.7. The fraction of sp³-hybridized carbons (Fsp3) is 0.227. The number of ether oxygens (including phenoxy) is 3. The molecule has 0 saturated carbocycles. The number of nitrogen functional groups attached to an aromatic ring is 1. The zero-order chi connectivity index (χ0) is 19.6. The summed E-state index contributed by atoms with van der Waals surface area (Å²) in [6.07, 6.45) is 0. The number of carbonyl (C=O) groups excluding carboxylic acids is 1. The van der Waals surface area contributed by atoms with E-state index in [4.69, 9.17) is 19.9 Å². The van der Waals surface area contributed by atoms with Crippen molar-refractivity contribution in [3.8, 4) is 22.6 Å². The van der Waals surface area contributed by atoms with Crippen LogP contribution in [0.1, 0.15) is 22.8 Å². The number of esters is 1. The van der Waals surface area contributed by atoms with Crippen LogP contribution >= 0.6 is 0 Å². The molecule has 3 aromatic carbocycles. The third-order valence-corrected chi connectivity index (χ3v) is 4.53. The smallest absolute Gasteiger partial charge is 0.340 e. The van der Waals surface area contributed by atoms with Crippen LogP contribution in [-0.4, -0.2) is 26.8 Å². The van der Waals surface area contributed by atoms with Gasteiger partial charge in [0.2, 0.25) is 0 Å². The summed E-state index contributed by atoms with van der Waals surface area (Å²) in [7, 11) is 3.15. The summed E-state index contributed by atoms with van der Waals surface area (Å²) in [5.74, 6) is 0.708. The van der Waals surface area contributed by atoms with Crippen molar-refractivity contribution in [3.05, 3.63) is 53.6 Å². The number of carbonyl (C=O) groups is 1. The molecule has 0 aliphatic heterocycles. The van der Waals surface area contributed by atoms with Gasteiger partial charge in [0.1, 0.15) is 0 Å². The standard InChI is InChI=1S/C22H23NO4/c1-5-27-22(24)20-16(14-8-6-13(2)7-9-14)10-15-11-18(25-3)19(26-4)12-17(15)21(20)23/h6-12H,5,23H2,1-4H3. The average Bonchev–Trinajstić information content (AvgIpc) is 2.67. The fourth-order valence-electron chi connectivity index (χ4n) is 3.14. The Labute approximate surface area is 158 Å². The minimum Gasteiger partial charge on any atom is -0.493 e. The van der Waals surface area contributed by atoms with E-state index in [1.807, 2.05) is 43.3 Å². The van der Waals surface area contributed by atoms with Crippen molar-refractivity contribution in [2.24, 2.45) is 0 Å². The molecule has 0 bridgehead atoms. The maximum absolute atomic E-state index is 12.7. The van der Waals surface area contributed by atoms with Crippen molar-refractivity contribution in [2.45, 2.75) is 13.8 Å². The molecule has 0 amide bonds. The fourth-order valence-corrected chi connectivity index (χ4v) is 3.14. The molecule has 27 heavy (non-hydrogen) atoms. The first-order valence-corrected chi connectivity index (χ1v) is 8.72. The van der Waals surface area contributed by atoms with E-state index in [0.29, 0.717) is 28.1 Å². The van der Waals surface area contributed by atoms with Crippen molar-refractivity contribution in [3.63, 3.8) is 0 Å². The number of rotatable bonds is 5. The van der Waals surface area contributed by atoms with Crippen LogP contribution < -0.4 is 15.2 Å². The third kappa shape index (κ3) is 3.40. The van der Waals surface area contributed by atoms with Gasteiger partial charge in [0.05, 0.1) is 32.1 Å². The van der Waals surface area contributed by atoms with Crippen LogP contribution in [-0.2, 0) is 4.74 Å². The highest BCUT2D eigenvalue weighted by atomic mass is 16.5. The Balaban J connectivity index is 2.35. The number of nitrogens with two attached hydrogens (primary N) is 1. The monoisotopic (exact) mass is 365 g/mol. The van der Waals surface area contributed by atoms with Crippen LogP contribution in [0.5, 0.6) is 11.5 Å². The average molecular weight is 365 g/mol. The molecule has 140 valence electrons. The number of hydrogen-bond acceptors (Lipinski definition) is 5. The molecule has 2 N–H and O–H groups in total. The van der Waals surface area contributed by atoms with Crippen molar-refractivity contribution in [2.75, 3.05) is 26.6 Å². The van der Waals surface area contributed by atoms with Crippen LogP contribution in [0.15, 0.2) is 42.5 Å². The minimum atomic E-state index is -0.442. The summed E-state index contributed by atoms with van der Waals surface area (Å²) < 4.78 is 16.1. The molecule has 0 spiro atoms. The highest BCUT2D eigenvalue weighted by molar-refractivity contribution is 6.12. The molecule has 0 heterocycles. The quantitative estimate of drug-likeness (QED) is 0.529. The lowest BCUT2D eigenvalue weighted by atomic mass is 9.93. The topological polar surface area (TPSA) is 70.8 Å². The van der Waals surface area contributed by atoms with Crippen molar-refractivity contribution in [1.29, 1.82) is 0 Å². The maximum Gasteiger partial charge on any atom is 0.340 e. The predicted molar refractivity (Wildman–Crippen MR) is 108 cm³/mol. The molecule has 0 aliphatic rings. The van der Waals surface area contributed by atoms with E-state index in [9.17, 15) is 4.79 Å². The van der Waals surface area contributed by atoms with E-state index in [-0.39, 0.29) is 6.61 Å². The molecule has 3 rings (SSSR count). The highest BCUT2D eigenvalue weighted by Gasteiger charge is 2.21. The Hall–Kier alpha value is -3.21. The molecule has 5 nitrogen and oxygen atoms in total. The van der Waals surface area contributed by atoms with E-state index in [1.165, 1.54) is 0 Å². The van der Waals surface area contributed by atoms with E-state index < -0.39 is 5.97 Å². The highest BCUT2D eigenvalue weighted by Crippen LogP contribution is 2.40. The zero-order valence-corrected chi connectivity index (χ0v) is 16.0. The van der Waals surface area contributed by atoms with Crippen LogP contribution in [0, 0.1) is 6.92 Å². The summed E-state index contributed by atoms with van der Waals surface area (Å²) in [6, 6.07) is 13.5. The van der Waals surface area contributed by atoms with Crippen molar-refractivity contribution in [1.82, 2.24) is 0 Å². The lowest BCUT2D eigenvalue weighted by molar-refractivity contribution is 0.0528. The molecule has 0 radical (unpaired) electrons. The maximum atomic E-state index is 12.7. The first kappa shape index (κ1) is 18.6. The molecular formula is C22H23NO4. The molecule has 0 fully saturated rings. The number of anilines is 1. The van der Waals surface area contributed by atoms with Crippen molar-refractivity contribution >= 4 is 22.4 Å². The van der Waals surface area contributed by atoms with Gasteiger partial charge in [0.15, 0.2) is 11.5 Å². The minimum absolute atomic E-state index is 0.273. The SMILES string of the molecule is CCOC(=O)c1c(-c2ccc(C)cc2)cc2cc(OC)c(OC)cc2c1N. The number of benzene rings is 3. The second-order valence-electron chi connectivity index (χ2n) is 6.23. The zero-order valence-electron chi connectivity index (χ0n) is 16.0. The summed E-state index contributed by atoms with van der Waals surface area (Å²) in [5.41, 5.74) is 9.92. The van der Waals surface area contributed by atoms with Gasteiger partial charge in [0.25, 0.3) is 0 Å². The number of fused-ring (bicyclic) bond motifs is 1. The summed E-state index contributed by atoms with van der Waals surface area (Å²) in [5, 5.41) is 1.57. The van der Waals surface area contributed by atoms with Gasteiger partial charge in [-0.15, -0.1) is 0 Å². The number of methoxy groups -OCH3 is 2. The summed E-state index contributed by atoms with van der Waals surface area (Å²) >= 11 is 0. The van der Waals surface area contributed by atoms with Crippen molar-refractivity contribution < 1.29 is 19.0 Å². The van der Waals surface area contributed by atoms with E-state index in [1.54, 1.807) is 27.2 Å². The molecule has 0 saturated heterocycles. The molecule has 0 atom stereocenters. The van der Waals surface area contributed by atoms with Crippen LogP contribution in [0.4, 0.5) is 5.69 Å². The number of aryl methyl sites for hydroxylation is 1. The predicted octanol–water partition coefficient (Wildman–Crippen LogP) is 4.59. The molecule has 0 aliphatic carbocycles.